The van der Waals surface area contributed by atoms with Crippen LogP contribution in [0.4, 0.5) is 0 Å². The van der Waals surface area contributed by atoms with Crippen molar-refractivity contribution in [1.29, 1.82) is 0 Å². The van der Waals surface area contributed by atoms with Gasteiger partial charge < -0.3 is 15.1 Å². The zero-order chi connectivity index (χ0) is 19.1. The molecule has 26 heavy (non-hydrogen) atoms. The molecule has 0 spiro atoms. The fourth-order valence-corrected chi connectivity index (χ4v) is 3.33. The summed E-state index contributed by atoms with van der Waals surface area (Å²) >= 11 is 0. The summed E-state index contributed by atoms with van der Waals surface area (Å²) in [6, 6.07) is 7.38. The summed E-state index contributed by atoms with van der Waals surface area (Å²) in [6.07, 6.45) is 2.18. The Kier molecular flexibility index (Phi) is 7.29. The van der Waals surface area contributed by atoms with Crippen LogP contribution < -0.4 is 5.32 Å². The first-order valence-electron chi connectivity index (χ1n) is 8.91. The second kappa shape index (κ2) is 9.45. The number of carboxylic acid groups (broad SMARTS) is 1. The average molecular weight is 362 g/mol. The van der Waals surface area contributed by atoms with E-state index >= 15 is 0 Å². The summed E-state index contributed by atoms with van der Waals surface area (Å²) in [4.78, 5) is 37.4. The molecule has 1 heterocycles. The fraction of sp³-hybridized carbons (Fsp3) is 0.526. The molecule has 3 atom stereocenters. The number of ketones is 1. The van der Waals surface area contributed by atoms with E-state index in [2.05, 4.69) is 5.32 Å². The molecule has 142 valence electrons. The lowest BCUT2D eigenvalue weighted by Gasteiger charge is -2.28. The number of benzene rings is 1. The molecule has 1 aromatic rings. The zero-order valence-corrected chi connectivity index (χ0v) is 14.9. The summed E-state index contributed by atoms with van der Waals surface area (Å²) in [6.45, 7) is 1.47. The Morgan fingerprint density at radius 3 is 2.58 bits per heavy atom. The van der Waals surface area contributed by atoms with Crippen LogP contribution in [0, 0.1) is 0 Å². The van der Waals surface area contributed by atoms with Crippen LogP contribution in [0.5, 0.6) is 0 Å². The SMILES string of the molecule is CC(NC(CCc1ccccc1)C(=O)O)C(=O)N1CCC[C@H]1C(=O)CO. The molecule has 0 bridgehead atoms. The number of aliphatic hydroxyl groups is 1. The van der Waals surface area contributed by atoms with Crippen molar-refractivity contribution in [2.75, 3.05) is 13.2 Å². The first kappa shape index (κ1) is 20.1. The van der Waals surface area contributed by atoms with E-state index in [-0.39, 0.29) is 11.7 Å². The van der Waals surface area contributed by atoms with Crippen LogP contribution in [-0.2, 0) is 20.8 Å². The second-order valence-corrected chi connectivity index (χ2v) is 6.62. The maximum absolute atomic E-state index is 12.6. The number of Topliss-reactive ketones (excluding diaryl/α,β-unsaturated/α-hetero) is 1. The van der Waals surface area contributed by atoms with Gasteiger partial charge in [-0.2, -0.15) is 0 Å². The minimum atomic E-state index is -1.01. The molecule has 2 unspecified atom stereocenters. The predicted molar refractivity (Wildman–Crippen MR) is 95.6 cm³/mol. The largest absolute Gasteiger partial charge is 0.480 e. The van der Waals surface area contributed by atoms with Gasteiger partial charge in [0.1, 0.15) is 12.6 Å². The van der Waals surface area contributed by atoms with Crippen LogP contribution in [0.1, 0.15) is 31.7 Å². The predicted octanol–water partition coefficient (Wildman–Crippen LogP) is 0.603. The number of nitrogens with zero attached hydrogens (tertiary/aromatic N) is 1. The summed E-state index contributed by atoms with van der Waals surface area (Å²) in [5, 5.41) is 21.4. The number of likely N-dealkylation sites (tertiary alicyclic amines) is 1. The molecule has 2 rings (SSSR count). The van der Waals surface area contributed by atoms with Gasteiger partial charge in [-0.15, -0.1) is 0 Å². The Morgan fingerprint density at radius 1 is 1.27 bits per heavy atom. The maximum Gasteiger partial charge on any atom is 0.320 e. The highest BCUT2D eigenvalue weighted by molar-refractivity contribution is 5.92. The van der Waals surface area contributed by atoms with Gasteiger partial charge in [0, 0.05) is 6.54 Å². The van der Waals surface area contributed by atoms with E-state index in [0.29, 0.717) is 32.2 Å². The molecule has 7 heteroatoms. The molecular weight excluding hydrogens is 336 g/mol. The second-order valence-electron chi connectivity index (χ2n) is 6.62. The van der Waals surface area contributed by atoms with E-state index in [0.717, 1.165) is 5.56 Å². The van der Waals surface area contributed by atoms with Crippen molar-refractivity contribution >= 4 is 17.7 Å². The van der Waals surface area contributed by atoms with Gasteiger partial charge in [-0.1, -0.05) is 30.3 Å². The standard InChI is InChI=1S/C19H26N2O5/c1-13(18(24)21-11-5-8-16(21)17(23)12-22)20-15(19(25)26)10-9-14-6-3-2-4-7-14/h2-4,6-7,13,15-16,20,22H,5,8-12H2,1H3,(H,25,26)/t13?,15?,16-/m0/s1. The molecule has 0 radical (unpaired) electrons. The van der Waals surface area contributed by atoms with Gasteiger partial charge in [0.2, 0.25) is 5.91 Å². The number of amides is 1. The van der Waals surface area contributed by atoms with Crippen molar-refractivity contribution in [1.82, 2.24) is 10.2 Å². The van der Waals surface area contributed by atoms with Gasteiger partial charge in [-0.25, -0.2) is 0 Å². The van der Waals surface area contributed by atoms with Crippen LogP contribution in [0.25, 0.3) is 0 Å². The van der Waals surface area contributed by atoms with E-state index in [1.165, 1.54) is 4.90 Å². The van der Waals surface area contributed by atoms with E-state index in [4.69, 9.17) is 5.11 Å². The van der Waals surface area contributed by atoms with Crippen LogP contribution in [0.2, 0.25) is 0 Å². The van der Waals surface area contributed by atoms with E-state index < -0.39 is 30.7 Å². The van der Waals surface area contributed by atoms with Crippen molar-refractivity contribution in [3.05, 3.63) is 35.9 Å². The third-order valence-corrected chi connectivity index (χ3v) is 4.75. The molecule has 1 saturated heterocycles. The third kappa shape index (κ3) is 5.12. The number of carbonyl (C=O) groups is 3. The topological polar surface area (TPSA) is 107 Å². The Labute approximate surface area is 153 Å². The van der Waals surface area contributed by atoms with Crippen LogP contribution in [0.3, 0.4) is 0 Å². The Bertz CT molecular complexity index is 634. The number of nitrogens with one attached hydrogen (secondary N) is 1. The number of aliphatic carboxylic acids is 1. The van der Waals surface area contributed by atoms with Gasteiger partial charge in [0.25, 0.3) is 0 Å². The number of carbonyl (C=O) groups excluding carboxylic acids is 2. The first-order chi connectivity index (χ1) is 12.4. The number of aliphatic hydroxyl groups excluding tert-OH is 1. The Balaban J connectivity index is 1.95. The summed E-state index contributed by atoms with van der Waals surface area (Å²) in [7, 11) is 0. The molecule has 1 aliphatic heterocycles. The summed E-state index contributed by atoms with van der Waals surface area (Å²) in [5.74, 6) is -1.69. The highest BCUT2D eigenvalue weighted by atomic mass is 16.4. The smallest absolute Gasteiger partial charge is 0.320 e. The highest BCUT2D eigenvalue weighted by Gasteiger charge is 2.36. The zero-order valence-electron chi connectivity index (χ0n) is 14.9. The average Bonchev–Trinajstić information content (AvgIpc) is 3.13. The van der Waals surface area contributed by atoms with Gasteiger partial charge in [-0.05, 0) is 38.2 Å². The number of hydrogen-bond acceptors (Lipinski definition) is 5. The molecular formula is C19H26N2O5. The Morgan fingerprint density at radius 2 is 1.96 bits per heavy atom. The monoisotopic (exact) mass is 362 g/mol. The van der Waals surface area contributed by atoms with E-state index in [9.17, 15) is 19.5 Å². The maximum atomic E-state index is 12.6. The normalized spacial score (nSPS) is 19.2. The summed E-state index contributed by atoms with van der Waals surface area (Å²) in [5.41, 5.74) is 1.03. The van der Waals surface area contributed by atoms with Crippen molar-refractivity contribution < 1.29 is 24.6 Å². The number of carboxylic acids is 1. The Hall–Kier alpha value is -2.25. The number of aryl methyl sites for hydroxylation is 1. The van der Waals surface area contributed by atoms with Crippen molar-refractivity contribution in [2.45, 2.75) is 50.7 Å². The van der Waals surface area contributed by atoms with E-state index in [1.807, 2.05) is 30.3 Å². The molecule has 1 aromatic carbocycles. The lowest BCUT2D eigenvalue weighted by atomic mass is 10.0. The molecule has 1 amide bonds. The van der Waals surface area contributed by atoms with Crippen LogP contribution >= 0.6 is 0 Å². The lowest BCUT2D eigenvalue weighted by Crippen LogP contribution is -2.53. The quantitative estimate of drug-likeness (QED) is 0.594. The molecule has 0 aliphatic carbocycles. The van der Waals surface area contributed by atoms with Gasteiger partial charge >= 0.3 is 5.97 Å². The third-order valence-electron chi connectivity index (χ3n) is 4.75. The number of hydrogen-bond donors (Lipinski definition) is 3. The van der Waals surface area contributed by atoms with Crippen molar-refractivity contribution in [2.24, 2.45) is 0 Å². The molecule has 3 N–H and O–H groups in total. The van der Waals surface area contributed by atoms with Crippen LogP contribution in [-0.4, -0.2) is 64.0 Å². The molecule has 7 nitrogen and oxygen atoms in total. The molecule has 1 aliphatic rings. The molecule has 1 fully saturated rings. The van der Waals surface area contributed by atoms with Crippen molar-refractivity contribution in [3.8, 4) is 0 Å². The van der Waals surface area contributed by atoms with Crippen molar-refractivity contribution in [3.63, 3.8) is 0 Å². The first-order valence-corrected chi connectivity index (χ1v) is 8.91. The van der Waals surface area contributed by atoms with Gasteiger partial charge in [-0.3, -0.25) is 19.7 Å². The van der Waals surface area contributed by atoms with Gasteiger partial charge in [0.15, 0.2) is 5.78 Å². The fourth-order valence-electron chi connectivity index (χ4n) is 3.33. The lowest BCUT2D eigenvalue weighted by molar-refractivity contribution is -0.142. The number of rotatable bonds is 9. The molecule has 0 aromatic heterocycles. The summed E-state index contributed by atoms with van der Waals surface area (Å²) < 4.78 is 0. The minimum Gasteiger partial charge on any atom is -0.480 e. The molecule has 0 saturated carbocycles. The highest BCUT2D eigenvalue weighted by Crippen LogP contribution is 2.19. The van der Waals surface area contributed by atoms with Gasteiger partial charge in [0.05, 0.1) is 12.1 Å². The van der Waals surface area contributed by atoms with E-state index in [1.54, 1.807) is 6.92 Å². The minimum absolute atomic E-state index is 0.305. The van der Waals surface area contributed by atoms with Crippen LogP contribution in [0.15, 0.2) is 30.3 Å².